The molecule has 0 spiro atoms. The van der Waals surface area contributed by atoms with Gasteiger partial charge in [-0.05, 0) is 48.0 Å². The second kappa shape index (κ2) is 6.75. The van der Waals surface area contributed by atoms with Crippen LogP contribution in [0.1, 0.15) is 5.56 Å². The fraction of sp³-hybridized carbons (Fsp3) is 0.111. The summed E-state index contributed by atoms with van der Waals surface area (Å²) in [4.78, 5) is 24.7. The number of carbonyl (C=O) groups is 2. The number of rotatable bonds is 4. The zero-order valence-electron chi connectivity index (χ0n) is 13.9. The van der Waals surface area contributed by atoms with Crippen LogP contribution in [0.2, 0.25) is 0 Å². The second-order valence-electron chi connectivity index (χ2n) is 5.39. The molecular weight excluding hydrogens is 343 g/mol. The van der Waals surface area contributed by atoms with E-state index < -0.39 is 17.6 Å². The first kappa shape index (κ1) is 17.3. The normalized spacial score (nSPS) is 15.3. The van der Waals surface area contributed by atoms with Crippen LogP contribution in [0, 0.1) is 5.82 Å². The maximum atomic E-state index is 13.0. The summed E-state index contributed by atoms with van der Waals surface area (Å²) in [6.45, 7) is 0. The molecule has 134 valence electrons. The highest BCUT2D eigenvalue weighted by molar-refractivity contribution is 6.31. The van der Waals surface area contributed by atoms with E-state index in [2.05, 4.69) is 5.43 Å². The average molecular weight is 358 g/mol. The smallest absolute Gasteiger partial charge is 0.282 e. The van der Waals surface area contributed by atoms with Crippen molar-refractivity contribution in [3.63, 3.8) is 0 Å². The van der Waals surface area contributed by atoms with Gasteiger partial charge < -0.3 is 14.6 Å². The summed E-state index contributed by atoms with van der Waals surface area (Å²) in [5.41, 5.74) is 3.05. The van der Waals surface area contributed by atoms with Gasteiger partial charge in [-0.3, -0.25) is 15.0 Å². The molecule has 0 radical (unpaired) electrons. The zero-order chi connectivity index (χ0) is 18.8. The van der Waals surface area contributed by atoms with Gasteiger partial charge in [-0.1, -0.05) is 0 Å². The maximum Gasteiger partial charge on any atom is 0.282 e. The molecule has 0 unspecified atom stereocenters. The number of nitrogens with zero attached hydrogens (tertiary/aromatic N) is 1. The van der Waals surface area contributed by atoms with Crippen LogP contribution in [0.3, 0.4) is 0 Å². The minimum Gasteiger partial charge on any atom is -0.502 e. The largest absolute Gasteiger partial charge is 0.502 e. The number of phenolic OH excluding ortho intramolecular Hbond substituents is 1. The first-order valence-electron chi connectivity index (χ1n) is 7.52. The van der Waals surface area contributed by atoms with Crippen LogP contribution in [-0.2, 0) is 9.59 Å². The number of amides is 2. The summed E-state index contributed by atoms with van der Waals surface area (Å²) in [7, 11) is 2.74. The Morgan fingerprint density at radius 1 is 1.08 bits per heavy atom. The van der Waals surface area contributed by atoms with Crippen LogP contribution in [0.25, 0.3) is 6.08 Å². The van der Waals surface area contributed by atoms with Gasteiger partial charge in [-0.2, -0.15) is 0 Å². The zero-order valence-corrected chi connectivity index (χ0v) is 13.9. The van der Waals surface area contributed by atoms with Crippen molar-refractivity contribution in [2.24, 2.45) is 0 Å². The molecule has 26 heavy (non-hydrogen) atoms. The SMILES string of the molecule is COc1cc(/C=C2/C(=O)NN(c3ccc(F)cc3)C2=O)cc(OC)c1O. The van der Waals surface area contributed by atoms with Gasteiger partial charge in [0.05, 0.1) is 19.9 Å². The van der Waals surface area contributed by atoms with Crippen LogP contribution < -0.4 is 19.9 Å². The number of nitrogens with one attached hydrogen (secondary N) is 1. The lowest BCUT2D eigenvalue weighted by molar-refractivity contribution is -0.117. The summed E-state index contributed by atoms with van der Waals surface area (Å²) in [6.07, 6.45) is 1.35. The van der Waals surface area contributed by atoms with E-state index in [1.807, 2.05) is 0 Å². The molecule has 1 aliphatic heterocycles. The van der Waals surface area contributed by atoms with Gasteiger partial charge in [0.1, 0.15) is 11.4 Å². The maximum absolute atomic E-state index is 13.0. The van der Waals surface area contributed by atoms with Crippen molar-refractivity contribution in [2.45, 2.75) is 0 Å². The van der Waals surface area contributed by atoms with Crippen molar-refractivity contribution < 1.29 is 28.6 Å². The molecule has 1 heterocycles. The molecule has 1 aliphatic rings. The number of benzene rings is 2. The lowest BCUT2D eigenvalue weighted by Crippen LogP contribution is -2.35. The van der Waals surface area contributed by atoms with Crippen molar-refractivity contribution in [3.8, 4) is 17.2 Å². The number of hydrogen-bond donors (Lipinski definition) is 2. The Bertz CT molecular complexity index is 883. The number of methoxy groups -OCH3 is 2. The molecule has 0 atom stereocenters. The van der Waals surface area contributed by atoms with Crippen LogP contribution >= 0.6 is 0 Å². The number of halogens is 1. The number of phenols is 1. The molecule has 0 aromatic heterocycles. The highest BCUT2D eigenvalue weighted by atomic mass is 19.1. The van der Waals surface area contributed by atoms with Gasteiger partial charge in [0.15, 0.2) is 11.5 Å². The lowest BCUT2D eigenvalue weighted by Gasteiger charge is -2.14. The third-order valence-corrected chi connectivity index (χ3v) is 3.79. The first-order valence-corrected chi connectivity index (χ1v) is 7.52. The van der Waals surface area contributed by atoms with Gasteiger partial charge in [0.2, 0.25) is 5.75 Å². The van der Waals surface area contributed by atoms with E-state index in [0.717, 1.165) is 5.01 Å². The minimum absolute atomic E-state index is 0.121. The summed E-state index contributed by atoms with van der Waals surface area (Å²) in [6, 6.07) is 8.06. The van der Waals surface area contributed by atoms with Crippen molar-refractivity contribution in [1.82, 2.24) is 5.43 Å². The van der Waals surface area contributed by atoms with Crippen LogP contribution in [-0.4, -0.2) is 31.1 Å². The summed E-state index contributed by atoms with van der Waals surface area (Å²) >= 11 is 0. The molecule has 8 heteroatoms. The third-order valence-electron chi connectivity index (χ3n) is 3.79. The molecule has 2 aromatic rings. The molecule has 0 aliphatic carbocycles. The Morgan fingerprint density at radius 2 is 1.65 bits per heavy atom. The standard InChI is InChI=1S/C18H15FN2O5/c1-25-14-8-10(9-15(26-2)16(14)22)7-13-17(23)20-21(18(13)24)12-5-3-11(19)4-6-12/h3-9,22H,1-2H3,(H,20,23)/b13-7-. The molecule has 0 saturated carbocycles. The van der Waals surface area contributed by atoms with E-state index in [9.17, 15) is 19.1 Å². The Morgan fingerprint density at radius 3 is 2.19 bits per heavy atom. The fourth-order valence-corrected chi connectivity index (χ4v) is 2.49. The molecule has 2 amide bonds. The molecule has 3 rings (SSSR count). The third kappa shape index (κ3) is 3.04. The number of anilines is 1. The Balaban J connectivity index is 1.97. The van der Waals surface area contributed by atoms with Crippen molar-refractivity contribution in [2.75, 3.05) is 19.2 Å². The van der Waals surface area contributed by atoms with Crippen LogP contribution in [0.5, 0.6) is 17.2 Å². The van der Waals surface area contributed by atoms with E-state index in [1.165, 1.54) is 56.7 Å². The lowest BCUT2D eigenvalue weighted by atomic mass is 10.1. The Kier molecular flexibility index (Phi) is 4.49. The van der Waals surface area contributed by atoms with Crippen molar-refractivity contribution in [3.05, 3.63) is 53.4 Å². The van der Waals surface area contributed by atoms with Crippen molar-refractivity contribution in [1.29, 1.82) is 0 Å². The minimum atomic E-state index is -0.606. The molecule has 2 N–H and O–H groups in total. The molecule has 1 saturated heterocycles. The summed E-state index contributed by atoms with van der Waals surface area (Å²) < 4.78 is 23.2. The van der Waals surface area contributed by atoms with Gasteiger partial charge >= 0.3 is 0 Å². The van der Waals surface area contributed by atoms with Gasteiger partial charge in [-0.25, -0.2) is 9.40 Å². The van der Waals surface area contributed by atoms with E-state index in [-0.39, 0.29) is 22.8 Å². The van der Waals surface area contributed by atoms with E-state index in [4.69, 9.17) is 9.47 Å². The molecule has 2 aromatic carbocycles. The monoisotopic (exact) mass is 358 g/mol. The van der Waals surface area contributed by atoms with E-state index in [0.29, 0.717) is 11.3 Å². The van der Waals surface area contributed by atoms with Crippen LogP contribution in [0.4, 0.5) is 10.1 Å². The quantitative estimate of drug-likeness (QED) is 0.645. The van der Waals surface area contributed by atoms with Gasteiger partial charge in [0, 0.05) is 0 Å². The topological polar surface area (TPSA) is 88.1 Å². The highest BCUT2D eigenvalue weighted by Gasteiger charge is 2.34. The molecule has 1 fully saturated rings. The van der Waals surface area contributed by atoms with E-state index in [1.54, 1.807) is 0 Å². The predicted molar refractivity (Wildman–Crippen MR) is 91.2 cm³/mol. The van der Waals surface area contributed by atoms with Crippen LogP contribution in [0.15, 0.2) is 42.0 Å². The van der Waals surface area contributed by atoms with E-state index >= 15 is 0 Å². The predicted octanol–water partition coefficient (Wildman–Crippen LogP) is 2.01. The number of aromatic hydroxyl groups is 1. The van der Waals surface area contributed by atoms with Crippen molar-refractivity contribution >= 4 is 23.6 Å². The summed E-state index contributed by atoms with van der Waals surface area (Å²) in [5, 5.41) is 11.0. The number of hydrazine groups is 1. The van der Waals surface area contributed by atoms with Gasteiger partial charge in [-0.15, -0.1) is 0 Å². The average Bonchev–Trinajstić information content (AvgIpc) is 2.91. The fourth-order valence-electron chi connectivity index (χ4n) is 2.49. The Labute approximate surface area is 148 Å². The highest BCUT2D eigenvalue weighted by Crippen LogP contribution is 2.38. The second-order valence-corrected chi connectivity index (χ2v) is 5.39. The molecule has 0 bridgehead atoms. The summed E-state index contributed by atoms with van der Waals surface area (Å²) in [5.74, 6) is -1.56. The number of carbonyl (C=O) groups excluding carboxylic acids is 2. The van der Waals surface area contributed by atoms with Gasteiger partial charge in [0.25, 0.3) is 11.8 Å². The number of ether oxygens (including phenoxy) is 2. The molecular formula is C18H15FN2O5. The number of hydrogen-bond acceptors (Lipinski definition) is 5. The first-order chi connectivity index (χ1) is 12.4. The molecule has 7 nitrogen and oxygen atoms in total. The Hall–Kier alpha value is -3.55.